The minimum atomic E-state index is -0.998. The van der Waals surface area contributed by atoms with Crippen molar-refractivity contribution >= 4 is 11.6 Å². The molecule has 0 saturated heterocycles. The third-order valence-corrected chi connectivity index (χ3v) is 2.29. The molecule has 78 valence electrons. The lowest BCUT2D eigenvalue weighted by atomic mass is 10.1. The summed E-state index contributed by atoms with van der Waals surface area (Å²) in [5.41, 5.74) is 0.243. The molecule has 0 aliphatic heterocycles. The molecule has 1 atom stereocenters. The van der Waals surface area contributed by atoms with Crippen LogP contribution in [-0.2, 0) is 0 Å². The Morgan fingerprint density at radius 1 is 1.36 bits per heavy atom. The molecule has 4 heteroatoms. The normalized spacial score (nSPS) is 12.9. The van der Waals surface area contributed by atoms with Crippen molar-refractivity contribution in [2.24, 2.45) is 0 Å². The highest BCUT2D eigenvalue weighted by Gasteiger charge is 2.14. The quantitative estimate of drug-likeness (QED) is 0.774. The van der Waals surface area contributed by atoms with Gasteiger partial charge in [0.15, 0.2) is 11.6 Å². The Hall–Kier alpha value is -0.670. The fourth-order valence-electron chi connectivity index (χ4n) is 1.22. The second-order valence-electron chi connectivity index (χ2n) is 3.09. The van der Waals surface area contributed by atoms with E-state index in [1.165, 1.54) is 0 Å². The number of rotatable bonds is 3. The second-order valence-corrected chi connectivity index (χ2v) is 3.50. The average molecular weight is 221 g/mol. The Kier molecular flexibility index (Phi) is 3.84. The van der Waals surface area contributed by atoms with Crippen molar-refractivity contribution < 1.29 is 13.9 Å². The van der Waals surface area contributed by atoms with Gasteiger partial charge in [0.25, 0.3) is 0 Å². The molecule has 0 aliphatic carbocycles. The number of hydrogen-bond donors (Lipinski definition) is 1. The van der Waals surface area contributed by atoms with E-state index >= 15 is 0 Å². The Bertz CT molecular complexity index is 328. The summed E-state index contributed by atoms with van der Waals surface area (Å²) in [6.07, 6.45) is 0.393. The number of benzene rings is 1. The van der Waals surface area contributed by atoms with E-state index in [2.05, 4.69) is 0 Å². The summed E-state index contributed by atoms with van der Waals surface area (Å²) in [6.45, 7) is 1.89. The summed E-state index contributed by atoms with van der Waals surface area (Å²) in [7, 11) is 0. The van der Waals surface area contributed by atoms with Crippen molar-refractivity contribution in [3.05, 3.63) is 34.4 Å². The van der Waals surface area contributed by atoms with Crippen LogP contribution in [0.15, 0.2) is 12.1 Å². The number of aliphatic hydroxyl groups excluding tert-OH is 1. The molecule has 1 N–H and O–H groups in total. The van der Waals surface area contributed by atoms with Gasteiger partial charge in [-0.1, -0.05) is 24.9 Å². The summed E-state index contributed by atoms with van der Waals surface area (Å²) in [5.74, 6) is -1.98. The fraction of sp³-hybridized carbons (Fsp3) is 0.400. The topological polar surface area (TPSA) is 20.2 Å². The highest BCUT2D eigenvalue weighted by Crippen LogP contribution is 2.28. The van der Waals surface area contributed by atoms with Crippen LogP contribution in [0, 0.1) is 11.6 Å². The summed E-state index contributed by atoms with van der Waals surface area (Å²) in [6, 6.07) is 1.82. The molecule has 1 unspecified atom stereocenters. The lowest BCUT2D eigenvalue weighted by Crippen LogP contribution is -2.00. The molecule has 1 aromatic carbocycles. The van der Waals surface area contributed by atoms with E-state index in [1.54, 1.807) is 0 Å². The van der Waals surface area contributed by atoms with Gasteiger partial charge in [-0.25, -0.2) is 8.78 Å². The smallest absolute Gasteiger partial charge is 0.160 e. The van der Waals surface area contributed by atoms with Gasteiger partial charge in [-0.3, -0.25) is 0 Å². The zero-order chi connectivity index (χ0) is 10.7. The Balaban J connectivity index is 3.02. The molecule has 1 aromatic rings. The molecule has 0 amide bonds. The van der Waals surface area contributed by atoms with Crippen LogP contribution in [0.25, 0.3) is 0 Å². The van der Waals surface area contributed by atoms with Gasteiger partial charge < -0.3 is 5.11 Å². The molecule has 0 aliphatic rings. The first-order valence-corrected chi connectivity index (χ1v) is 4.76. The van der Waals surface area contributed by atoms with Gasteiger partial charge in [-0.05, 0) is 18.6 Å². The third-order valence-electron chi connectivity index (χ3n) is 1.96. The zero-order valence-electron chi connectivity index (χ0n) is 7.73. The minimum absolute atomic E-state index is 0.0600. The molecule has 14 heavy (non-hydrogen) atoms. The van der Waals surface area contributed by atoms with E-state index in [9.17, 15) is 13.9 Å². The van der Waals surface area contributed by atoms with Gasteiger partial charge in [0.1, 0.15) is 0 Å². The molecule has 0 radical (unpaired) electrons. The van der Waals surface area contributed by atoms with Crippen molar-refractivity contribution in [3.8, 4) is 0 Å². The first-order chi connectivity index (χ1) is 6.56. The molecule has 1 nitrogen and oxygen atoms in total. The lowest BCUT2D eigenvalue weighted by molar-refractivity contribution is 0.166. The van der Waals surface area contributed by atoms with Crippen LogP contribution in [0.3, 0.4) is 0 Å². The first-order valence-electron chi connectivity index (χ1n) is 4.38. The van der Waals surface area contributed by atoms with Gasteiger partial charge in [0, 0.05) is 10.6 Å². The van der Waals surface area contributed by atoms with Crippen LogP contribution in [0.4, 0.5) is 8.78 Å². The van der Waals surface area contributed by atoms with E-state index in [0.29, 0.717) is 6.42 Å². The van der Waals surface area contributed by atoms with Crippen LogP contribution in [0.5, 0.6) is 0 Å². The molecule has 0 saturated carbocycles. The lowest BCUT2D eigenvalue weighted by Gasteiger charge is -2.11. The van der Waals surface area contributed by atoms with Gasteiger partial charge in [0.05, 0.1) is 6.10 Å². The second kappa shape index (κ2) is 4.71. The van der Waals surface area contributed by atoms with Crippen molar-refractivity contribution in [1.82, 2.24) is 0 Å². The molecule has 0 bridgehead atoms. The van der Waals surface area contributed by atoms with E-state index in [4.69, 9.17) is 11.6 Å². The van der Waals surface area contributed by atoms with Crippen LogP contribution in [0.1, 0.15) is 31.4 Å². The zero-order valence-corrected chi connectivity index (χ0v) is 8.48. The molecule has 0 aromatic heterocycles. The van der Waals surface area contributed by atoms with Crippen LogP contribution < -0.4 is 0 Å². The molecule has 0 spiro atoms. The van der Waals surface area contributed by atoms with E-state index < -0.39 is 17.7 Å². The monoisotopic (exact) mass is 220 g/mol. The molecule has 0 fully saturated rings. The maximum Gasteiger partial charge on any atom is 0.160 e. The first kappa shape index (κ1) is 11.4. The minimum Gasteiger partial charge on any atom is -0.388 e. The number of halogens is 3. The van der Waals surface area contributed by atoms with Gasteiger partial charge in [-0.15, -0.1) is 0 Å². The summed E-state index contributed by atoms with van der Waals surface area (Å²) in [4.78, 5) is 0. The van der Waals surface area contributed by atoms with E-state index in [0.717, 1.165) is 18.6 Å². The maximum absolute atomic E-state index is 12.8. The molecular formula is C10H11ClF2O. The average Bonchev–Trinajstić information content (AvgIpc) is 2.11. The molecule has 0 heterocycles. The predicted molar refractivity (Wildman–Crippen MR) is 51.2 cm³/mol. The number of hydrogen-bond acceptors (Lipinski definition) is 1. The van der Waals surface area contributed by atoms with Crippen LogP contribution >= 0.6 is 11.6 Å². The fourth-order valence-corrected chi connectivity index (χ4v) is 1.50. The summed E-state index contributed by atoms with van der Waals surface area (Å²) >= 11 is 5.67. The van der Waals surface area contributed by atoms with Crippen molar-refractivity contribution in [3.63, 3.8) is 0 Å². The molecular weight excluding hydrogens is 210 g/mol. The largest absolute Gasteiger partial charge is 0.388 e. The van der Waals surface area contributed by atoms with Crippen LogP contribution in [0.2, 0.25) is 5.02 Å². The summed E-state index contributed by atoms with van der Waals surface area (Å²) in [5, 5.41) is 9.60. The Morgan fingerprint density at radius 2 is 1.93 bits per heavy atom. The standard InChI is InChI=1S/C10H11ClF2O/c1-2-3-10(14)6-4-8(12)9(13)5-7(6)11/h4-5,10,14H,2-3H2,1H3. The van der Waals surface area contributed by atoms with Gasteiger partial charge in [0.2, 0.25) is 0 Å². The van der Waals surface area contributed by atoms with Crippen molar-refractivity contribution in [2.45, 2.75) is 25.9 Å². The highest BCUT2D eigenvalue weighted by molar-refractivity contribution is 6.31. The summed E-state index contributed by atoms with van der Waals surface area (Å²) < 4.78 is 25.5. The predicted octanol–water partition coefficient (Wildman–Crippen LogP) is 3.45. The van der Waals surface area contributed by atoms with Gasteiger partial charge >= 0.3 is 0 Å². The van der Waals surface area contributed by atoms with Crippen molar-refractivity contribution in [1.29, 1.82) is 0 Å². The van der Waals surface area contributed by atoms with E-state index in [-0.39, 0.29) is 10.6 Å². The number of aliphatic hydroxyl groups is 1. The Morgan fingerprint density at radius 3 is 2.50 bits per heavy atom. The SMILES string of the molecule is CCCC(O)c1cc(F)c(F)cc1Cl. The third kappa shape index (κ3) is 2.42. The Labute approximate surface area is 86.3 Å². The van der Waals surface area contributed by atoms with E-state index in [1.807, 2.05) is 6.92 Å². The van der Waals surface area contributed by atoms with Crippen molar-refractivity contribution in [2.75, 3.05) is 0 Å². The maximum atomic E-state index is 12.8. The van der Waals surface area contributed by atoms with Crippen LogP contribution in [-0.4, -0.2) is 5.11 Å². The van der Waals surface area contributed by atoms with Gasteiger partial charge in [-0.2, -0.15) is 0 Å². The molecule has 1 rings (SSSR count). The highest BCUT2D eigenvalue weighted by atomic mass is 35.5.